The van der Waals surface area contributed by atoms with Crippen LogP contribution in [0, 0.1) is 0 Å². The molecule has 1 aliphatic heterocycles. The molecular weight excluding hydrogens is 368 g/mol. The van der Waals surface area contributed by atoms with Crippen LogP contribution in [0.15, 0.2) is 34.1 Å². The molecule has 0 aliphatic carbocycles. The second-order valence-electron chi connectivity index (χ2n) is 5.98. The minimum Gasteiger partial charge on any atom is -0.389 e. The van der Waals surface area contributed by atoms with Crippen LogP contribution in [0.1, 0.15) is 12.8 Å². The summed E-state index contributed by atoms with van der Waals surface area (Å²) in [5, 5.41) is 9.69. The number of benzene rings is 1. The van der Waals surface area contributed by atoms with Crippen LogP contribution in [0.25, 0.3) is 0 Å². The van der Waals surface area contributed by atoms with E-state index in [2.05, 4.69) is 0 Å². The summed E-state index contributed by atoms with van der Waals surface area (Å²) in [7, 11) is -4.64. The van der Waals surface area contributed by atoms with Crippen LogP contribution in [-0.4, -0.2) is 77.1 Å². The molecule has 0 unspecified atom stereocenters. The molecule has 1 heterocycles. The SMILES string of the molecule is COC[C@@H](O)CN(C)S(=O)(=O)c1ccc(S(=O)(=O)N2CCCC2)cc1. The zero-order chi connectivity index (χ0) is 18.7. The fourth-order valence-corrected chi connectivity index (χ4v) is 5.41. The van der Waals surface area contributed by atoms with Gasteiger partial charge < -0.3 is 9.84 Å². The highest BCUT2D eigenvalue weighted by atomic mass is 32.2. The van der Waals surface area contributed by atoms with Crippen molar-refractivity contribution >= 4 is 20.0 Å². The van der Waals surface area contributed by atoms with E-state index in [-0.39, 0.29) is 22.9 Å². The maximum atomic E-state index is 12.5. The summed E-state index contributed by atoms with van der Waals surface area (Å²) in [6, 6.07) is 5.16. The summed E-state index contributed by atoms with van der Waals surface area (Å²) in [6.07, 6.45) is 0.722. The number of hydrogen-bond donors (Lipinski definition) is 1. The maximum absolute atomic E-state index is 12.5. The number of ether oxygens (including phenoxy) is 1. The second-order valence-corrected chi connectivity index (χ2v) is 9.96. The van der Waals surface area contributed by atoms with E-state index < -0.39 is 26.2 Å². The molecule has 0 saturated carbocycles. The number of hydrogen-bond acceptors (Lipinski definition) is 6. The molecule has 0 spiro atoms. The summed E-state index contributed by atoms with van der Waals surface area (Å²) in [5.41, 5.74) is 0. The lowest BCUT2D eigenvalue weighted by Crippen LogP contribution is -2.36. The lowest BCUT2D eigenvalue weighted by Gasteiger charge is -2.20. The highest BCUT2D eigenvalue weighted by molar-refractivity contribution is 7.89. The fourth-order valence-electron chi connectivity index (χ4n) is 2.68. The van der Waals surface area contributed by atoms with Crippen molar-refractivity contribution in [2.45, 2.75) is 28.7 Å². The first-order valence-electron chi connectivity index (χ1n) is 7.93. The molecule has 1 atom stereocenters. The molecule has 1 N–H and O–H groups in total. The third-order valence-electron chi connectivity index (χ3n) is 4.06. The minimum atomic E-state index is -3.82. The van der Waals surface area contributed by atoms with Crippen molar-refractivity contribution in [2.75, 3.05) is 40.4 Å². The Labute approximate surface area is 149 Å². The average molecular weight is 392 g/mol. The smallest absolute Gasteiger partial charge is 0.243 e. The largest absolute Gasteiger partial charge is 0.389 e. The summed E-state index contributed by atoms with van der Waals surface area (Å²) >= 11 is 0. The number of methoxy groups -OCH3 is 1. The Morgan fingerprint density at radius 3 is 2.16 bits per heavy atom. The quantitative estimate of drug-likeness (QED) is 0.673. The van der Waals surface area contributed by atoms with Gasteiger partial charge in [0.15, 0.2) is 0 Å². The van der Waals surface area contributed by atoms with Crippen molar-refractivity contribution < 1.29 is 26.7 Å². The third-order valence-corrected chi connectivity index (χ3v) is 7.81. The van der Waals surface area contributed by atoms with Gasteiger partial charge in [0.25, 0.3) is 0 Å². The lowest BCUT2D eigenvalue weighted by molar-refractivity contribution is 0.0554. The second kappa shape index (κ2) is 8.11. The molecule has 0 aromatic heterocycles. The van der Waals surface area contributed by atoms with Crippen LogP contribution in [0.3, 0.4) is 0 Å². The van der Waals surface area contributed by atoms with E-state index in [1.807, 2.05) is 0 Å². The Balaban J connectivity index is 2.18. The topological polar surface area (TPSA) is 104 Å². The van der Waals surface area contributed by atoms with Crippen LogP contribution in [0.2, 0.25) is 0 Å². The minimum absolute atomic E-state index is 0.0207. The van der Waals surface area contributed by atoms with Crippen molar-refractivity contribution in [3.63, 3.8) is 0 Å². The highest BCUT2D eigenvalue weighted by Crippen LogP contribution is 2.23. The number of nitrogens with zero attached hydrogens (tertiary/aromatic N) is 2. The van der Waals surface area contributed by atoms with E-state index in [1.165, 1.54) is 42.7 Å². The molecular formula is C15H24N2O6S2. The number of aliphatic hydroxyl groups excluding tert-OH is 1. The monoisotopic (exact) mass is 392 g/mol. The number of sulfonamides is 2. The lowest BCUT2D eigenvalue weighted by atomic mass is 10.4. The third kappa shape index (κ3) is 4.57. The first-order chi connectivity index (χ1) is 11.7. The molecule has 25 heavy (non-hydrogen) atoms. The molecule has 1 aliphatic rings. The fraction of sp³-hybridized carbons (Fsp3) is 0.600. The zero-order valence-electron chi connectivity index (χ0n) is 14.3. The molecule has 0 bridgehead atoms. The molecule has 1 fully saturated rings. The molecule has 1 aromatic rings. The Kier molecular flexibility index (Phi) is 6.57. The molecule has 1 saturated heterocycles. The average Bonchev–Trinajstić information content (AvgIpc) is 3.10. The van der Waals surface area contributed by atoms with Crippen LogP contribution in [0.4, 0.5) is 0 Å². The van der Waals surface area contributed by atoms with Crippen LogP contribution in [-0.2, 0) is 24.8 Å². The van der Waals surface area contributed by atoms with Gasteiger partial charge in [-0.1, -0.05) is 0 Å². The van der Waals surface area contributed by atoms with Crippen LogP contribution in [0.5, 0.6) is 0 Å². The van der Waals surface area contributed by atoms with Gasteiger partial charge in [0.2, 0.25) is 20.0 Å². The maximum Gasteiger partial charge on any atom is 0.243 e. The van der Waals surface area contributed by atoms with Crippen molar-refractivity contribution in [3.8, 4) is 0 Å². The molecule has 8 nitrogen and oxygen atoms in total. The Morgan fingerprint density at radius 2 is 1.64 bits per heavy atom. The van der Waals surface area contributed by atoms with Gasteiger partial charge in [0.05, 0.1) is 22.5 Å². The van der Waals surface area contributed by atoms with E-state index in [9.17, 15) is 21.9 Å². The van der Waals surface area contributed by atoms with Crippen LogP contribution < -0.4 is 0 Å². The van der Waals surface area contributed by atoms with Crippen molar-refractivity contribution in [1.82, 2.24) is 8.61 Å². The molecule has 2 rings (SSSR count). The zero-order valence-corrected chi connectivity index (χ0v) is 16.0. The van der Waals surface area contributed by atoms with Crippen molar-refractivity contribution in [1.29, 1.82) is 0 Å². The van der Waals surface area contributed by atoms with E-state index in [0.717, 1.165) is 17.1 Å². The Hall–Kier alpha value is -1.04. The molecule has 1 aromatic carbocycles. The predicted molar refractivity (Wildman–Crippen MR) is 92.1 cm³/mol. The summed E-state index contributed by atoms with van der Waals surface area (Å²) < 4.78 is 57.1. The van der Waals surface area contributed by atoms with Crippen molar-refractivity contribution in [2.24, 2.45) is 0 Å². The standard InChI is InChI=1S/C15H24N2O6S2/c1-16(11-13(18)12-23-2)24(19,20)14-5-7-15(8-6-14)25(21,22)17-9-3-4-10-17/h5-8,13,18H,3-4,9-12H2,1-2H3/t13-/m0/s1. The van der Waals surface area contributed by atoms with E-state index >= 15 is 0 Å². The first-order valence-corrected chi connectivity index (χ1v) is 10.8. The van der Waals surface area contributed by atoms with Gasteiger partial charge in [-0.3, -0.25) is 0 Å². The number of aliphatic hydroxyl groups is 1. The van der Waals surface area contributed by atoms with Gasteiger partial charge in [-0.2, -0.15) is 8.61 Å². The van der Waals surface area contributed by atoms with Gasteiger partial charge in [-0.05, 0) is 37.1 Å². The molecule has 0 amide bonds. The van der Waals surface area contributed by atoms with Gasteiger partial charge in [-0.15, -0.1) is 0 Å². The van der Waals surface area contributed by atoms with E-state index in [1.54, 1.807) is 0 Å². The summed E-state index contributed by atoms with van der Waals surface area (Å²) in [6.45, 7) is 0.877. The normalized spacial score (nSPS) is 17.9. The summed E-state index contributed by atoms with van der Waals surface area (Å²) in [5.74, 6) is 0. The van der Waals surface area contributed by atoms with E-state index in [4.69, 9.17) is 4.74 Å². The Morgan fingerprint density at radius 1 is 1.12 bits per heavy atom. The number of rotatable bonds is 8. The van der Waals surface area contributed by atoms with Gasteiger partial charge in [-0.25, -0.2) is 16.8 Å². The molecule has 142 valence electrons. The summed E-state index contributed by atoms with van der Waals surface area (Å²) in [4.78, 5) is 0.0513. The van der Waals surface area contributed by atoms with Crippen LogP contribution >= 0.6 is 0 Å². The molecule has 10 heteroatoms. The number of likely N-dealkylation sites (N-methyl/N-ethyl adjacent to an activating group) is 1. The van der Waals surface area contributed by atoms with Gasteiger partial charge in [0, 0.05) is 33.8 Å². The van der Waals surface area contributed by atoms with Gasteiger partial charge >= 0.3 is 0 Å². The molecule has 0 radical (unpaired) electrons. The highest BCUT2D eigenvalue weighted by Gasteiger charge is 2.28. The van der Waals surface area contributed by atoms with Gasteiger partial charge in [0.1, 0.15) is 0 Å². The van der Waals surface area contributed by atoms with E-state index in [0.29, 0.717) is 13.1 Å². The van der Waals surface area contributed by atoms with Crippen molar-refractivity contribution in [3.05, 3.63) is 24.3 Å². The first kappa shape index (κ1) is 20.3. The Bertz CT molecular complexity index is 771. The predicted octanol–water partition coefficient (Wildman–Crippen LogP) is 0.0989.